The molecule has 1 aliphatic heterocycles. The van der Waals surface area contributed by atoms with E-state index in [0.717, 1.165) is 12.8 Å². The van der Waals surface area contributed by atoms with Gasteiger partial charge in [0, 0.05) is 22.6 Å². The number of nitrogens with zero attached hydrogens (tertiary/aromatic N) is 1. The predicted molar refractivity (Wildman–Crippen MR) is 84.4 cm³/mol. The Morgan fingerprint density at radius 3 is 2.62 bits per heavy atom. The summed E-state index contributed by atoms with van der Waals surface area (Å²) < 4.78 is 23.5. The number of sulfonamides is 1. The van der Waals surface area contributed by atoms with Crippen LogP contribution in [0.1, 0.15) is 37.0 Å². The van der Waals surface area contributed by atoms with Gasteiger partial charge in [-0.3, -0.25) is 4.79 Å². The standard InChI is InChI=1S/C14H19BrN2O3S/c1-9-4-3-5-17(10(9)2)14(18)11-6-12(15)8-13(7-11)21(16,19)20/h6-10H,3-5H2,1-2H3,(H2,16,19,20). The molecule has 0 aliphatic carbocycles. The van der Waals surface area contributed by atoms with Gasteiger partial charge in [0.1, 0.15) is 0 Å². The van der Waals surface area contributed by atoms with Gasteiger partial charge in [0.05, 0.1) is 4.90 Å². The van der Waals surface area contributed by atoms with Crippen LogP contribution in [0.3, 0.4) is 0 Å². The van der Waals surface area contributed by atoms with E-state index < -0.39 is 10.0 Å². The van der Waals surface area contributed by atoms with Crippen LogP contribution in [-0.2, 0) is 10.0 Å². The number of rotatable bonds is 2. The first-order valence-corrected chi connectivity index (χ1v) is 9.18. The molecule has 0 spiro atoms. The van der Waals surface area contributed by atoms with Gasteiger partial charge in [-0.1, -0.05) is 22.9 Å². The molecule has 1 aromatic carbocycles. The second-order valence-corrected chi connectivity index (χ2v) is 8.06. The van der Waals surface area contributed by atoms with Crippen LogP contribution < -0.4 is 5.14 Å². The van der Waals surface area contributed by atoms with Crippen molar-refractivity contribution in [2.45, 2.75) is 37.6 Å². The fraction of sp³-hybridized carbons (Fsp3) is 0.500. The number of nitrogens with two attached hydrogens (primary N) is 1. The minimum absolute atomic E-state index is 0.0575. The minimum atomic E-state index is -3.84. The summed E-state index contributed by atoms with van der Waals surface area (Å²) in [6.45, 7) is 4.85. The van der Waals surface area contributed by atoms with Gasteiger partial charge in [-0.05, 0) is 43.9 Å². The molecule has 1 amide bonds. The van der Waals surface area contributed by atoms with Crippen molar-refractivity contribution in [2.75, 3.05) is 6.54 Å². The number of piperidine rings is 1. The molecule has 0 saturated carbocycles. The maximum atomic E-state index is 12.7. The molecule has 1 heterocycles. The second kappa shape index (κ2) is 6.06. The van der Waals surface area contributed by atoms with Crippen molar-refractivity contribution in [3.63, 3.8) is 0 Å². The van der Waals surface area contributed by atoms with Gasteiger partial charge in [0.25, 0.3) is 5.91 Å². The Morgan fingerprint density at radius 1 is 1.33 bits per heavy atom. The highest BCUT2D eigenvalue weighted by molar-refractivity contribution is 9.10. The summed E-state index contributed by atoms with van der Waals surface area (Å²) in [5, 5.41) is 5.15. The SMILES string of the molecule is CC1CCCN(C(=O)c2cc(Br)cc(S(N)(=O)=O)c2)C1C. The lowest BCUT2D eigenvalue weighted by Gasteiger charge is -2.38. The third-order valence-corrected chi connectivity index (χ3v) is 5.43. The lowest BCUT2D eigenvalue weighted by atomic mass is 9.91. The van der Waals surface area contributed by atoms with E-state index in [-0.39, 0.29) is 16.8 Å². The van der Waals surface area contributed by atoms with Crippen molar-refractivity contribution in [2.24, 2.45) is 11.1 Å². The Bertz CT molecular complexity index is 660. The second-order valence-electron chi connectivity index (χ2n) is 5.58. The number of hydrogen-bond acceptors (Lipinski definition) is 3. The molecule has 0 radical (unpaired) electrons. The number of benzene rings is 1. The number of amides is 1. The number of hydrogen-bond donors (Lipinski definition) is 1. The van der Waals surface area contributed by atoms with Crippen LogP contribution in [0.15, 0.2) is 27.6 Å². The van der Waals surface area contributed by atoms with Crippen molar-refractivity contribution in [1.29, 1.82) is 0 Å². The van der Waals surface area contributed by atoms with E-state index in [9.17, 15) is 13.2 Å². The predicted octanol–water partition coefficient (Wildman–Crippen LogP) is 2.36. The van der Waals surface area contributed by atoms with Crippen LogP contribution in [0, 0.1) is 5.92 Å². The van der Waals surface area contributed by atoms with Crippen molar-refractivity contribution >= 4 is 31.9 Å². The van der Waals surface area contributed by atoms with E-state index in [1.165, 1.54) is 12.1 Å². The fourth-order valence-corrected chi connectivity index (χ4v) is 3.87. The third-order valence-electron chi connectivity index (χ3n) is 4.08. The van der Waals surface area contributed by atoms with E-state index in [1.807, 2.05) is 11.8 Å². The fourth-order valence-electron chi connectivity index (χ4n) is 2.64. The lowest BCUT2D eigenvalue weighted by molar-refractivity contribution is 0.0550. The Kier molecular flexibility index (Phi) is 4.75. The average molecular weight is 375 g/mol. The molecule has 2 N–H and O–H groups in total. The quantitative estimate of drug-likeness (QED) is 0.862. The molecular weight excluding hydrogens is 356 g/mol. The molecule has 2 atom stereocenters. The van der Waals surface area contributed by atoms with Crippen LogP contribution in [0.2, 0.25) is 0 Å². The zero-order valence-corrected chi connectivity index (χ0v) is 14.4. The van der Waals surface area contributed by atoms with Gasteiger partial charge < -0.3 is 4.90 Å². The molecule has 2 unspecified atom stereocenters. The monoisotopic (exact) mass is 374 g/mol. The third kappa shape index (κ3) is 3.64. The highest BCUT2D eigenvalue weighted by Crippen LogP contribution is 2.26. The van der Waals surface area contributed by atoms with E-state index in [2.05, 4.69) is 22.9 Å². The molecule has 0 bridgehead atoms. The molecule has 21 heavy (non-hydrogen) atoms. The molecule has 116 valence electrons. The number of halogens is 1. The highest BCUT2D eigenvalue weighted by Gasteiger charge is 2.29. The summed E-state index contributed by atoms with van der Waals surface area (Å²) in [5.41, 5.74) is 0.342. The Balaban J connectivity index is 2.37. The van der Waals surface area contributed by atoms with Gasteiger partial charge in [-0.25, -0.2) is 13.6 Å². The van der Waals surface area contributed by atoms with Gasteiger partial charge in [0.15, 0.2) is 0 Å². The molecule has 5 nitrogen and oxygen atoms in total. The molecule has 1 aromatic rings. The molecule has 2 rings (SSSR count). The van der Waals surface area contributed by atoms with E-state index >= 15 is 0 Å². The Labute approximate surface area is 133 Å². The van der Waals surface area contributed by atoms with Crippen LogP contribution in [0.5, 0.6) is 0 Å². The number of carbonyl (C=O) groups excluding carboxylic acids is 1. The number of likely N-dealkylation sites (tertiary alicyclic amines) is 1. The summed E-state index contributed by atoms with van der Waals surface area (Å²) in [6.07, 6.45) is 2.07. The molecule has 1 aliphatic rings. The number of primary sulfonamides is 1. The summed E-state index contributed by atoms with van der Waals surface area (Å²) in [7, 11) is -3.84. The van der Waals surface area contributed by atoms with Crippen molar-refractivity contribution in [3.05, 3.63) is 28.2 Å². The van der Waals surface area contributed by atoms with Crippen LogP contribution in [0.25, 0.3) is 0 Å². The largest absolute Gasteiger partial charge is 0.336 e. The maximum absolute atomic E-state index is 12.7. The Morgan fingerprint density at radius 2 is 2.00 bits per heavy atom. The summed E-state index contributed by atoms with van der Waals surface area (Å²) in [5.74, 6) is 0.285. The smallest absolute Gasteiger partial charge is 0.254 e. The minimum Gasteiger partial charge on any atom is -0.336 e. The molecule has 7 heteroatoms. The van der Waals surface area contributed by atoms with Gasteiger partial charge in [0.2, 0.25) is 10.0 Å². The summed E-state index contributed by atoms with van der Waals surface area (Å²) in [4.78, 5) is 14.4. The van der Waals surface area contributed by atoms with E-state index in [4.69, 9.17) is 5.14 Å². The average Bonchev–Trinajstić information content (AvgIpc) is 2.39. The van der Waals surface area contributed by atoms with Crippen molar-refractivity contribution in [1.82, 2.24) is 4.90 Å². The molecule has 1 fully saturated rings. The maximum Gasteiger partial charge on any atom is 0.254 e. The normalized spacial score (nSPS) is 23.1. The van der Waals surface area contributed by atoms with Crippen molar-refractivity contribution < 1.29 is 13.2 Å². The first-order chi connectivity index (χ1) is 9.70. The zero-order valence-electron chi connectivity index (χ0n) is 12.0. The topological polar surface area (TPSA) is 80.5 Å². The first kappa shape index (κ1) is 16.5. The van der Waals surface area contributed by atoms with Crippen LogP contribution in [0.4, 0.5) is 0 Å². The van der Waals surface area contributed by atoms with Gasteiger partial charge in [-0.15, -0.1) is 0 Å². The summed E-state index contributed by atoms with van der Waals surface area (Å²) in [6, 6.07) is 4.51. The Hall–Kier alpha value is -0.920. The van der Waals surface area contributed by atoms with Gasteiger partial charge >= 0.3 is 0 Å². The lowest BCUT2D eigenvalue weighted by Crippen LogP contribution is -2.46. The van der Waals surface area contributed by atoms with Gasteiger partial charge in [-0.2, -0.15) is 0 Å². The zero-order chi connectivity index (χ0) is 15.8. The van der Waals surface area contributed by atoms with E-state index in [0.29, 0.717) is 22.5 Å². The van der Waals surface area contributed by atoms with E-state index in [1.54, 1.807) is 6.07 Å². The first-order valence-electron chi connectivity index (χ1n) is 6.84. The number of carbonyl (C=O) groups is 1. The molecule has 1 saturated heterocycles. The van der Waals surface area contributed by atoms with Crippen LogP contribution in [-0.4, -0.2) is 31.8 Å². The van der Waals surface area contributed by atoms with Crippen molar-refractivity contribution in [3.8, 4) is 0 Å². The summed E-state index contributed by atoms with van der Waals surface area (Å²) >= 11 is 3.23. The highest BCUT2D eigenvalue weighted by atomic mass is 79.9. The molecule has 0 aromatic heterocycles. The van der Waals surface area contributed by atoms with Crippen LogP contribution >= 0.6 is 15.9 Å². The molecular formula is C14H19BrN2O3S.